The van der Waals surface area contributed by atoms with Gasteiger partial charge in [-0.2, -0.15) is 0 Å². The number of hydrogen-bond acceptors (Lipinski definition) is 3. The quantitative estimate of drug-likeness (QED) is 0.853. The molecule has 0 radical (unpaired) electrons. The van der Waals surface area contributed by atoms with Gasteiger partial charge in [0.1, 0.15) is 18.1 Å². The Labute approximate surface area is 148 Å². The van der Waals surface area contributed by atoms with Crippen molar-refractivity contribution in [3.63, 3.8) is 0 Å². The summed E-state index contributed by atoms with van der Waals surface area (Å²) in [4.78, 5) is 12.7. The van der Waals surface area contributed by atoms with Gasteiger partial charge in [-0.1, -0.05) is 34.1 Å². The lowest BCUT2D eigenvalue weighted by Gasteiger charge is -2.27. The molecule has 2 heterocycles. The van der Waals surface area contributed by atoms with Crippen molar-refractivity contribution in [1.82, 2.24) is 5.32 Å². The number of fused-ring (bicyclic) bond motifs is 2. The fourth-order valence-corrected chi connectivity index (χ4v) is 3.40. The average molecular weight is 386 g/mol. The largest absolute Gasteiger partial charge is 0.493 e. The Bertz CT molecular complexity index is 831. The Kier molecular flexibility index (Phi) is 4.02. The van der Waals surface area contributed by atoms with Gasteiger partial charge in [0.25, 0.3) is 5.91 Å². The second-order valence-electron chi connectivity index (χ2n) is 5.84. The molecule has 4 rings (SSSR count). The second-order valence-corrected chi connectivity index (χ2v) is 6.76. The van der Waals surface area contributed by atoms with Gasteiger partial charge in [0.2, 0.25) is 0 Å². The Morgan fingerprint density at radius 2 is 2.00 bits per heavy atom. The van der Waals surface area contributed by atoms with Crippen LogP contribution >= 0.6 is 15.9 Å². The van der Waals surface area contributed by atoms with Gasteiger partial charge >= 0.3 is 0 Å². The van der Waals surface area contributed by atoms with Crippen LogP contribution in [0.2, 0.25) is 0 Å². The number of benzene rings is 2. The fourth-order valence-electron chi connectivity index (χ4n) is 3.02. The van der Waals surface area contributed by atoms with Crippen LogP contribution in [0.5, 0.6) is 11.5 Å². The number of carbonyl (C=O) groups is 1. The number of amides is 1. The highest BCUT2D eigenvalue weighted by atomic mass is 79.9. The van der Waals surface area contributed by atoms with Crippen LogP contribution in [0.3, 0.4) is 0 Å². The van der Waals surface area contributed by atoms with Crippen LogP contribution in [0, 0.1) is 0 Å². The van der Waals surface area contributed by atoms with E-state index in [0.29, 0.717) is 12.2 Å². The minimum absolute atomic E-state index is 0.0349. The SMILES string of the molecule is O=C(NC1CCOc2ccccc21)C1=Cc2cc(Br)ccc2OC1. The third kappa shape index (κ3) is 2.91. The molecule has 0 aliphatic carbocycles. The minimum Gasteiger partial charge on any atom is -0.493 e. The summed E-state index contributed by atoms with van der Waals surface area (Å²) in [6.45, 7) is 0.888. The van der Waals surface area contributed by atoms with Gasteiger partial charge in [-0.25, -0.2) is 0 Å². The molecule has 2 aliphatic rings. The molecule has 0 fully saturated rings. The first-order valence-electron chi connectivity index (χ1n) is 7.86. The van der Waals surface area contributed by atoms with Crippen molar-refractivity contribution < 1.29 is 14.3 Å². The van der Waals surface area contributed by atoms with E-state index in [0.717, 1.165) is 33.5 Å². The van der Waals surface area contributed by atoms with Crippen molar-refractivity contribution in [1.29, 1.82) is 0 Å². The van der Waals surface area contributed by atoms with E-state index in [2.05, 4.69) is 21.2 Å². The molecular formula is C19H16BrNO3. The van der Waals surface area contributed by atoms with E-state index in [9.17, 15) is 4.79 Å². The van der Waals surface area contributed by atoms with Crippen molar-refractivity contribution in [2.24, 2.45) is 0 Å². The summed E-state index contributed by atoms with van der Waals surface area (Å²) < 4.78 is 12.3. The zero-order valence-corrected chi connectivity index (χ0v) is 14.5. The minimum atomic E-state index is -0.0951. The number of para-hydroxylation sites is 1. The summed E-state index contributed by atoms with van der Waals surface area (Å²) in [5, 5.41) is 3.11. The lowest BCUT2D eigenvalue weighted by molar-refractivity contribution is -0.118. The molecule has 0 saturated heterocycles. The van der Waals surface area contributed by atoms with Crippen LogP contribution in [-0.4, -0.2) is 19.1 Å². The van der Waals surface area contributed by atoms with Crippen molar-refractivity contribution in [3.05, 3.63) is 63.6 Å². The van der Waals surface area contributed by atoms with Gasteiger partial charge in [-0.15, -0.1) is 0 Å². The third-order valence-electron chi connectivity index (χ3n) is 4.24. The van der Waals surface area contributed by atoms with Crippen LogP contribution in [0.15, 0.2) is 52.5 Å². The van der Waals surface area contributed by atoms with E-state index in [4.69, 9.17) is 9.47 Å². The van der Waals surface area contributed by atoms with Gasteiger partial charge in [-0.3, -0.25) is 4.79 Å². The van der Waals surface area contributed by atoms with Crippen LogP contribution in [0.4, 0.5) is 0 Å². The first-order valence-corrected chi connectivity index (χ1v) is 8.65. The molecule has 1 unspecified atom stereocenters. The lowest BCUT2D eigenvalue weighted by atomic mass is 9.99. The zero-order chi connectivity index (χ0) is 16.5. The summed E-state index contributed by atoms with van der Waals surface area (Å²) in [5.41, 5.74) is 2.57. The van der Waals surface area contributed by atoms with E-state index in [1.165, 1.54) is 0 Å². The molecule has 0 aromatic heterocycles. The molecule has 1 amide bonds. The first kappa shape index (κ1) is 15.3. The Morgan fingerprint density at radius 1 is 1.12 bits per heavy atom. The summed E-state index contributed by atoms with van der Waals surface area (Å²) >= 11 is 3.45. The summed E-state index contributed by atoms with van der Waals surface area (Å²) in [7, 11) is 0. The highest BCUT2D eigenvalue weighted by molar-refractivity contribution is 9.10. The van der Waals surface area contributed by atoms with Crippen molar-refractivity contribution in [2.45, 2.75) is 12.5 Å². The Morgan fingerprint density at radius 3 is 2.92 bits per heavy atom. The normalized spacial score (nSPS) is 18.4. The van der Waals surface area contributed by atoms with Crippen LogP contribution in [0.25, 0.3) is 6.08 Å². The highest BCUT2D eigenvalue weighted by Crippen LogP contribution is 2.33. The van der Waals surface area contributed by atoms with Crippen LogP contribution < -0.4 is 14.8 Å². The van der Waals surface area contributed by atoms with Gasteiger partial charge in [0, 0.05) is 22.0 Å². The molecule has 2 aliphatic heterocycles. The van der Waals surface area contributed by atoms with Crippen molar-refractivity contribution >= 4 is 27.9 Å². The molecule has 2 aromatic carbocycles. The van der Waals surface area contributed by atoms with E-state index in [-0.39, 0.29) is 18.6 Å². The van der Waals surface area contributed by atoms with Gasteiger partial charge in [0.15, 0.2) is 0 Å². The number of nitrogens with one attached hydrogen (secondary N) is 1. The summed E-state index contributed by atoms with van der Waals surface area (Å²) in [6.07, 6.45) is 2.66. The number of halogens is 1. The van der Waals surface area contributed by atoms with Gasteiger partial charge < -0.3 is 14.8 Å². The van der Waals surface area contributed by atoms with Crippen molar-refractivity contribution in [2.75, 3.05) is 13.2 Å². The third-order valence-corrected chi connectivity index (χ3v) is 4.73. The van der Waals surface area contributed by atoms with Gasteiger partial charge in [0.05, 0.1) is 18.2 Å². The number of ether oxygens (including phenoxy) is 2. The molecule has 24 heavy (non-hydrogen) atoms. The molecule has 0 spiro atoms. The lowest BCUT2D eigenvalue weighted by Crippen LogP contribution is -2.34. The maximum Gasteiger partial charge on any atom is 0.251 e. The average Bonchev–Trinajstić information content (AvgIpc) is 2.61. The predicted octanol–water partition coefficient (Wildman–Crippen LogP) is 3.86. The number of carbonyl (C=O) groups excluding carboxylic acids is 1. The number of hydrogen-bond donors (Lipinski definition) is 1. The molecule has 0 saturated carbocycles. The van der Waals surface area contributed by atoms with Crippen LogP contribution in [0.1, 0.15) is 23.6 Å². The van der Waals surface area contributed by atoms with Gasteiger partial charge in [-0.05, 0) is 30.3 Å². The topological polar surface area (TPSA) is 47.6 Å². The monoisotopic (exact) mass is 385 g/mol. The summed E-state index contributed by atoms with van der Waals surface area (Å²) in [5.74, 6) is 1.55. The molecule has 1 atom stereocenters. The second kappa shape index (κ2) is 6.32. The molecule has 5 heteroatoms. The Balaban J connectivity index is 1.56. The van der Waals surface area contributed by atoms with E-state index >= 15 is 0 Å². The molecular weight excluding hydrogens is 370 g/mol. The molecule has 1 N–H and O–H groups in total. The van der Waals surface area contributed by atoms with E-state index in [1.54, 1.807) is 0 Å². The molecule has 2 aromatic rings. The smallest absolute Gasteiger partial charge is 0.251 e. The van der Waals surface area contributed by atoms with E-state index < -0.39 is 0 Å². The maximum absolute atomic E-state index is 12.7. The highest BCUT2D eigenvalue weighted by Gasteiger charge is 2.25. The fraction of sp³-hybridized carbons (Fsp3) is 0.211. The zero-order valence-electron chi connectivity index (χ0n) is 12.9. The molecule has 0 bridgehead atoms. The Hall–Kier alpha value is -2.27. The maximum atomic E-state index is 12.7. The predicted molar refractivity (Wildman–Crippen MR) is 95.1 cm³/mol. The van der Waals surface area contributed by atoms with E-state index in [1.807, 2.05) is 48.5 Å². The standard InChI is InChI=1S/C19H16BrNO3/c20-14-5-6-17-12(10-14)9-13(11-24-17)19(22)21-16-7-8-23-18-4-2-1-3-15(16)18/h1-6,9-10,16H,7-8,11H2,(H,21,22). The summed E-state index contributed by atoms with van der Waals surface area (Å²) in [6, 6.07) is 13.6. The van der Waals surface area contributed by atoms with Crippen LogP contribution in [-0.2, 0) is 4.79 Å². The number of rotatable bonds is 2. The molecule has 4 nitrogen and oxygen atoms in total. The first-order chi connectivity index (χ1) is 11.7. The molecule has 122 valence electrons. The van der Waals surface area contributed by atoms with Crippen molar-refractivity contribution in [3.8, 4) is 11.5 Å².